The van der Waals surface area contributed by atoms with Gasteiger partial charge in [-0.1, -0.05) is 23.9 Å². The maximum absolute atomic E-state index is 13.2. The number of aryl methyl sites for hydroxylation is 1. The summed E-state index contributed by atoms with van der Waals surface area (Å²) >= 11 is 2.52. The van der Waals surface area contributed by atoms with Gasteiger partial charge >= 0.3 is 5.97 Å². The van der Waals surface area contributed by atoms with Gasteiger partial charge in [0.2, 0.25) is 11.1 Å². The Kier molecular flexibility index (Phi) is 6.53. The molecule has 0 spiro atoms. The molecule has 2 aliphatic rings. The first-order valence-corrected chi connectivity index (χ1v) is 11.9. The molecule has 0 bridgehead atoms. The first-order valence-electron chi connectivity index (χ1n) is 9.87. The lowest BCUT2D eigenvalue weighted by molar-refractivity contribution is -0.192. The average Bonchev–Trinajstić information content (AvgIpc) is 3.24. The number of aromatic hydroxyl groups is 1. The Bertz CT molecular complexity index is 1170. The zero-order valence-electron chi connectivity index (χ0n) is 18.0. The predicted octanol–water partition coefficient (Wildman–Crippen LogP) is -0.579. The molecule has 13 nitrogen and oxygen atoms in total. The molecule has 0 saturated carbocycles. The summed E-state index contributed by atoms with van der Waals surface area (Å²) in [5, 5.41) is 32.7. The highest BCUT2D eigenvalue weighted by atomic mass is 32.2. The molecular formula is C19H21N7O6S2. The van der Waals surface area contributed by atoms with E-state index in [1.54, 1.807) is 7.05 Å². The fourth-order valence-electron chi connectivity index (χ4n) is 3.64. The summed E-state index contributed by atoms with van der Waals surface area (Å²) in [5.74, 6) is -2.08. The van der Waals surface area contributed by atoms with Gasteiger partial charge in [0.25, 0.3) is 11.6 Å². The van der Waals surface area contributed by atoms with Gasteiger partial charge < -0.3 is 26.0 Å². The van der Waals surface area contributed by atoms with Gasteiger partial charge in [0, 0.05) is 25.7 Å². The SMILES string of the molecule is CO[C@@]1(NC(=O)C(N)c2ccc(O)cc2)C(=O)N2C(C(=O)O)=C(CSc3nnnn3C)CS[C@H]21. The third-order valence-electron chi connectivity index (χ3n) is 5.43. The Balaban J connectivity index is 1.54. The van der Waals surface area contributed by atoms with E-state index in [0.717, 1.165) is 4.90 Å². The van der Waals surface area contributed by atoms with E-state index in [-0.39, 0.29) is 17.2 Å². The number of phenols is 1. The third-order valence-corrected chi connectivity index (χ3v) is 7.91. The average molecular weight is 508 g/mol. The number of phenolic OH excluding ortho intramolecular Hbond substituents is 1. The Morgan fingerprint density at radius 1 is 1.41 bits per heavy atom. The molecule has 2 aliphatic heterocycles. The number of amides is 2. The Hall–Kier alpha value is -3.14. The van der Waals surface area contributed by atoms with E-state index in [9.17, 15) is 24.6 Å². The van der Waals surface area contributed by atoms with Crippen molar-refractivity contribution in [1.29, 1.82) is 0 Å². The van der Waals surface area contributed by atoms with Crippen LogP contribution < -0.4 is 11.1 Å². The fraction of sp³-hybridized carbons (Fsp3) is 0.368. The lowest BCUT2D eigenvalue weighted by Gasteiger charge is -2.56. The van der Waals surface area contributed by atoms with Crippen LogP contribution in [0, 0.1) is 0 Å². The van der Waals surface area contributed by atoms with E-state index in [0.29, 0.717) is 22.0 Å². The molecular weight excluding hydrogens is 486 g/mol. The van der Waals surface area contributed by atoms with Crippen LogP contribution in [0.1, 0.15) is 11.6 Å². The maximum Gasteiger partial charge on any atom is 0.352 e. The summed E-state index contributed by atoms with van der Waals surface area (Å²) in [7, 11) is 2.93. The van der Waals surface area contributed by atoms with Crippen molar-refractivity contribution >= 4 is 41.3 Å². The topological polar surface area (TPSA) is 186 Å². The number of ether oxygens (including phenoxy) is 1. The van der Waals surface area contributed by atoms with Crippen LogP contribution >= 0.6 is 23.5 Å². The molecule has 1 unspecified atom stereocenters. The largest absolute Gasteiger partial charge is 0.508 e. The lowest BCUT2D eigenvalue weighted by atomic mass is 9.97. The standard InChI is InChI=1S/C19H21N7O6S2/c1-25-18(22-23-24-25)34-8-10-7-33-17-19(32-2,16(31)26(17)13(10)15(29)30)21-14(28)12(20)9-3-5-11(27)6-4-9/h3-6,12,17,27H,7-8,20H2,1-2H3,(H,21,28)(H,29,30)/t12?,17-,19-/m0/s1. The number of carbonyl (C=O) groups excluding carboxylic acids is 2. The number of aliphatic carboxylic acids is 1. The fourth-order valence-corrected chi connectivity index (χ4v) is 6.07. The molecule has 2 amide bonds. The van der Waals surface area contributed by atoms with Gasteiger partial charge in [-0.25, -0.2) is 9.48 Å². The van der Waals surface area contributed by atoms with Crippen LogP contribution in [-0.4, -0.2) is 82.8 Å². The number of rotatable bonds is 8. The second-order valence-corrected chi connectivity index (χ2v) is 9.48. The number of methoxy groups -OCH3 is 1. The lowest BCUT2D eigenvalue weighted by Crippen LogP contribution is -2.81. The predicted molar refractivity (Wildman–Crippen MR) is 120 cm³/mol. The highest BCUT2D eigenvalue weighted by Crippen LogP contribution is 2.47. The van der Waals surface area contributed by atoms with Crippen molar-refractivity contribution in [2.75, 3.05) is 18.6 Å². The number of carbonyl (C=O) groups is 3. The van der Waals surface area contributed by atoms with Crippen molar-refractivity contribution in [3.63, 3.8) is 0 Å². The third kappa shape index (κ3) is 4.00. The van der Waals surface area contributed by atoms with Crippen LogP contribution in [0.2, 0.25) is 0 Å². The number of hydrogen-bond donors (Lipinski definition) is 4. The van der Waals surface area contributed by atoms with Gasteiger partial charge in [0.05, 0.1) is 0 Å². The molecule has 1 aromatic heterocycles. The van der Waals surface area contributed by atoms with E-state index < -0.39 is 34.9 Å². The molecule has 1 saturated heterocycles. The number of nitrogens with zero attached hydrogens (tertiary/aromatic N) is 5. The van der Waals surface area contributed by atoms with Crippen molar-refractivity contribution < 1.29 is 29.3 Å². The van der Waals surface area contributed by atoms with Crippen molar-refractivity contribution in [1.82, 2.24) is 30.4 Å². The minimum Gasteiger partial charge on any atom is -0.508 e. The number of tetrazole rings is 1. The molecule has 34 heavy (non-hydrogen) atoms. The van der Waals surface area contributed by atoms with Crippen molar-refractivity contribution in [2.45, 2.75) is 22.3 Å². The zero-order valence-corrected chi connectivity index (χ0v) is 19.7. The second kappa shape index (κ2) is 9.25. The number of fused-ring (bicyclic) bond motifs is 1. The Morgan fingerprint density at radius 2 is 2.12 bits per heavy atom. The van der Waals surface area contributed by atoms with Gasteiger partial charge in [-0.3, -0.25) is 14.5 Å². The first kappa shape index (κ1) is 24.0. The molecule has 5 N–H and O–H groups in total. The van der Waals surface area contributed by atoms with Crippen molar-refractivity contribution in [3.05, 3.63) is 41.1 Å². The van der Waals surface area contributed by atoms with Crippen molar-refractivity contribution in [2.24, 2.45) is 12.8 Å². The monoisotopic (exact) mass is 507 g/mol. The number of hydrogen-bond acceptors (Lipinski definition) is 11. The zero-order chi connectivity index (χ0) is 24.6. The number of carboxylic acids is 1. The summed E-state index contributed by atoms with van der Waals surface area (Å²) in [6.07, 6.45) is 0. The molecule has 2 aromatic rings. The molecule has 0 radical (unpaired) electrons. The second-order valence-electron chi connectivity index (χ2n) is 7.47. The summed E-state index contributed by atoms with van der Waals surface area (Å²) in [5.41, 5.74) is 5.06. The van der Waals surface area contributed by atoms with E-state index in [1.165, 1.54) is 59.6 Å². The van der Waals surface area contributed by atoms with Crippen LogP contribution in [0.4, 0.5) is 0 Å². The number of aromatic nitrogens is 4. The van der Waals surface area contributed by atoms with E-state index in [4.69, 9.17) is 10.5 Å². The Labute approximate surface area is 201 Å². The van der Waals surface area contributed by atoms with Gasteiger partial charge in [-0.05, 0) is 33.7 Å². The van der Waals surface area contributed by atoms with E-state index >= 15 is 0 Å². The molecule has 0 aliphatic carbocycles. The highest BCUT2D eigenvalue weighted by molar-refractivity contribution is 8.01. The van der Waals surface area contributed by atoms with E-state index in [2.05, 4.69) is 20.8 Å². The van der Waals surface area contributed by atoms with Crippen LogP contribution in [0.25, 0.3) is 0 Å². The van der Waals surface area contributed by atoms with Gasteiger partial charge in [-0.15, -0.1) is 16.9 Å². The number of carboxylic acid groups (broad SMARTS) is 1. The minimum atomic E-state index is -1.76. The molecule has 4 rings (SSSR count). The maximum atomic E-state index is 13.2. The smallest absolute Gasteiger partial charge is 0.352 e. The van der Waals surface area contributed by atoms with Crippen LogP contribution in [0.15, 0.2) is 40.7 Å². The van der Waals surface area contributed by atoms with Gasteiger partial charge in [0.1, 0.15) is 22.9 Å². The minimum absolute atomic E-state index is 0.0190. The van der Waals surface area contributed by atoms with E-state index in [1.807, 2.05) is 0 Å². The summed E-state index contributed by atoms with van der Waals surface area (Å²) < 4.78 is 6.90. The number of nitrogens with one attached hydrogen (secondary N) is 1. The van der Waals surface area contributed by atoms with Crippen LogP contribution in [0.5, 0.6) is 5.75 Å². The first-order chi connectivity index (χ1) is 16.2. The number of thioether (sulfide) groups is 2. The normalized spacial score (nSPS) is 22.7. The number of benzene rings is 1. The molecule has 1 fully saturated rings. The van der Waals surface area contributed by atoms with Crippen LogP contribution in [0.3, 0.4) is 0 Å². The molecule has 15 heteroatoms. The number of nitrogens with two attached hydrogens (primary N) is 1. The summed E-state index contributed by atoms with van der Waals surface area (Å²) in [6, 6.07) is 4.63. The highest BCUT2D eigenvalue weighted by Gasteiger charge is 2.66. The molecule has 1 aromatic carbocycles. The molecule has 3 atom stereocenters. The number of β-lactam (4-membered cyclic amide) rings is 1. The quantitative estimate of drug-likeness (QED) is 0.203. The summed E-state index contributed by atoms with van der Waals surface area (Å²) in [4.78, 5) is 39.3. The van der Waals surface area contributed by atoms with Crippen LogP contribution in [-0.2, 0) is 26.2 Å². The molecule has 180 valence electrons. The van der Waals surface area contributed by atoms with Crippen molar-refractivity contribution in [3.8, 4) is 5.75 Å². The summed E-state index contributed by atoms with van der Waals surface area (Å²) in [6.45, 7) is 0. The van der Waals surface area contributed by atoms with Gasteiger partial charge in [-0.2, -0.15) is 0 Å². The molecule has 3 heterocycles. The Morgan fingerprint density at radius 3 is 2.71 bits per heavy atom. The van der Waals surface area contributed by atoms with Gasteiger partial charge in [0.15, 0.2) is 0 Å².